The average molecular weight is 369 g/mol. The van der Waals surface area contributed by atoms with E-state index in [2.05, 4.69) is 27.7 Å². The molecule has 1 amide bonds. The summed E-state index contributed by atoms with van der Waals surface area (Å²) in [5.74, 6) is 0.0749. The molecule has 4 nitrogen and oxygen atoms in total. The van der Waals surface area contributed by atoms with Crippen molar-refractivity contribution in [3.63, 3.8) is 0 Å². The summed E-state index contributed by atoms with van der Waals surface area (Å²) in [5, 5.41) is 6.72. The molecule has 0 radical (unpaired) electrons. The second-order valence-corrected chi connectivity index (χ2v) is 5.74. The summed E-state index contributed by atoms with van der Waals surface area (Å²) < 4.78 is 0. The molecule has 1 aliphatic heterocycles. The molecule has 0 spiro atoms. The van der Waals surface area contributed by atoms with Gasteiger partial charge in [-0.1, -0.05) is 23.7 Å². The van der Waals surface area contributed by atoms with Crippen molar-refractivity contribution in [1.29, 1.82) is 0 Å². The summed E-state index contributed by atoms with van der Waals surface area (Å²) in [6.07, 6.45) is 2.19. The molecule has 1 atom stereocenters. The maximum atomic E-state index is 11.6. The second kappa shape index (κ2) is 11.1. The predicted molar refractivity (Wildman–Crippen MR) is 96.3 cm³/mol. The summed E-state index contributed by atoms with van der Waals surface area (Å²) in [5.41, 5.74) is 1.26. The topological polar surface area (TPSA) is 44.4 Å². The largest absolute Gasteiger partial charge is 0.351 e. The van der Waals surface area contributed by atoms with E-state index in [0.29, 0.717) is 6.54 Å². The maximum absolute atomic E-state index is 11.6. The van der Waals surface area contributed by atoms with Crippen molar-refractivity contribution in [2.24, 2.45) is 0 Å². The van der Waals surface area contributed by atoms with Crippen LogP contribution >= 0.6 is 36.4 Å². The van der Waals surface area contributed by atoms with Gasteiger partial charge in [-0.15, -0.1) is 24.8 Å². The maximum Gasteiger partial charge on any atom is 0.234 e. The summed E-state index contributed by atoms with van der Waals surface area (Å²) in [7, 11) is 1.79. The Morgan fingerprint density at radius 3 is 2.64 bits per heavy atom. The number of likely N-dealkylation sites (tertiary alicyclic amines) is 1. The van der Waals surface area contributed by atoms with Gasteiger partial charge in [0.2, 0.25) is 5.91 Å². The van der Waals surface area contributed by atoms with Crippen LogP contribution in [0.25, 0.3) is 0 Å². The molecule has 1 heterocycles. The molecule has 0 saturated carbocycles. The lowest BCUT2D eigenvalue weighted by Crippen LogP contribution is -2.49. The average Bonchev–Trinajstić information content (AvgIpc) is 2.42. The number of likely N-dealkylation sites (N-methyl/N-ethyl adjacent to an activating group) is 1. The lowest BCUT2D eigenvalue weighted by atomic mass is 10.0. The van der Waals surface area contributed by atoms with Crippen LogP contribution in [0.15, 0.2) is 24.3 Å². The Morgan fingerprint density at radius 2 is 2.00 bits per heavy atom. The first-order valence-corrected chi connectivity index (χ1v) is 7.46. The smallest absolute Gasteiger partial charge is 0.234 e. The van der Waals surface area contributed by atoms with Gasteiger partial charge in [-0.05, 0) is 44.1 Å². The number of hydrogen-bond acceptors (Lipinski definition) is 3. The van der Waals surface area contributed by atoms with Crippen molar-refractivity contribution >= 4 is 42.3 Å². The molecular formula is C15H24Cl3N3O. The van der Waals surface area contributed by atoms with Crippen LogP contribution in [0.5, 0.6) is 0 Å². The van der Waals surface area contributed by atoms with Gasteiger partial charge in [-0.25, -0.2) is 0 Å². The Bertz CT molecular complexity index is 442. The molecule has 126 valence electrons. The molecule has 2 rings (SSSR count). The van der Waals surface area contributed by atoms with E-state index in [4.69, 9.17) is 11.6 Å². The molecule has 0 aliphatic carbocycles. The number of benzene rings is 1. The zero-order chi connectivity index (χ0) is 14.4. The summed E-state index contributed by atoms with van der Waals surface area (Å²) >= 11 is 5.90. The third-order valence-corrected chi connectivity index (χ3v) is 3.78. The van der Waals surface area contributed by atoms with Crippen LogP contribution in [-0.4, -0.2) is 43.5 Å². The molecule has 1 fully saturated rings. The van der Waals surface area contributed by atoms with E-state index < -0.39 is 0 Å². The molecule has 22 heavy (non-hydrogen) atoms. The first-order valence-electron chi connectivity index (χ1n) is 7.08. The molecular weight excluding hydrogens is 345 g/mol. The van der Waals surface area contributed by atoms with Crippen molar-refractivity contribution in [2.75, 3.05) is 26.7 Å². The van der Waals surface area contributed by atoms with Gasteiger partial charge in [0.25, 0.3) is 0 Å². The molecule has 0 bridgehead atoms. The number of halogens is 3. The highest BCUT2D eigenvalue weighted by Gasteiger charge is 2.21. The minimum Gasteiger partial charge on any atom is -0.351 e. The molecule has 1 aliphatic rings. The fourth-order valence-electron chi connectivity index (χ4n) is 2.60. The van der Waals surface area contributed by atoms with Gasteiger partial charge in [0, 0.05) is 24.2 Å². The molecule has 1 saturated heterocycles. The van der Waals surface area contributed by atoms with E-state index in [1.165, 1.54) is 5.56 Å². The quantitative estimate of drug-likeness (QED) is 0.839. The minimum atomic E-state index is 0. The highest BCUT2D eigenvalue weighted by atomic mass is 35.5. The Kier molecular flexibility index (Phi) is 10.8. The third-order valence-electron chi connectivity index (χ3n) is 3.53. The van der Waals surface area contributed by atoms with E-state index in [-0.39, 0.29) is 36.8 Å². The van der Waals surface area contributed by atoms with Crippen molar-refractivity contribution in [3.05, 3.63) is 34.9 Å². The van der Waals surface area contributed by atoms with Crippen LogP contribution in [-0.2, 0) is 11.3 Å². The van der Waals surface area contributed by atoms with Crippen molar-refractivity contribution in [1.82, 2.24) is 15.5 Å². The lowest BCUT2D eigenvalue weighted by molar-refractivity contribution is -0.121. The van der Waals surface area contributed by atoms with Crippen LogP contribution in [0.2, 0.25) is 5.02 Å². The van der Waals surface area contributed by atoms with Gasteiger partial charge in [0.1, 0.15) is 0 Å². The number of hydrogen-bond donors (Lipinski definition) is 2. The van der Waals surface area contributed by atoms with Gasteiger partial charge in [-0.3, -0.25) is 9.69 Å². The van der Waals surface area contributed by atoms with Gasteiger partial charge in [-0.2, -0.15) is 0 Å². The van der Waals surface area contributed by atoms with Gasteiger partial charge < -0.3 is 10.6 Å². The van der Waals surface area contributed by atoms with Gasteiger partial charge in [0.15, 0.2) is 0 Å². The number of rotatable bonds is 5. The summed E-state index contributed by atoms with van der Waals surface area (Å²) in [4.78, 5) is 14.0. The first-order chi connectivity index (χ1) is 9.67. The summed E-state index contributed by atoms with van der Waals surface area (Å²) in [6.45, 7) is 3.29. The number of nitrogens with zero attached hydrogens (tertiary/aromatic N) is 1. The Hall–Kier alpha value is -0.520. The molecule has 7 heteroatoms. The number of carbonyl (C=O) groups excluding carboxylic acids is 1. The Labute approximate surface area is 149 Å². The van der Waals surface area contributed by atoms with E-state index in [0.717, 1.165) is 37.5 Å². The van der Waals surface area contributed by atoms with E-state index in [1.807, 2.05) is 12.1 Å². The normalized spacial score (nSPS) is 18.0. The molecule has 1 unspecified atom stereocenters. The first kappa shape index (κ1) is 21.5. The number of piperidine rings is 1. The van der Waals surface area contributed by atoms with E-state index in [1.54, 1.807) is 7.05 Å². The summed E-state index contributed by atoms with van der Waals surface area (Å²) in [6, 6.07) is 8.23. The van der Waals surface area contributed by atoms with E-state index >= 15 is 0 Å². The number of nitrogens with one attached hydrogen (secondary N) is 2. The predicted octanol–water partition coefficient (Wildman–Crippen LogP) is 2.48. The zero-order valence-corrected chi connectivity index (χ0v) is 15.1. The van der Waals surface area contributed by atoms with Crippen molar-refractivity contribution in [3.8, 4) is 0 Å². The second-order valence-electron chi connectivity index (χ2n) is 5.30. The number of amides is 1. The Balaban J connectivity index is 0.00000220. The van der Waals surface area contributed by atoms with Gasteiger partial charge in [0.05, 0.1) is 6.54 Å². The minimum absolute atomic E-state index is 0. The SMILES string of the molecule is CNCC(=O)NC1CCCN(Cc2ccc(Cl)cc2)C1.Cl.Cl. The lowest BCUT2D eigenvalue weighted by Gasteiger charge is -2.33. The highest BCUT2D eigenvalue weighted by Crippen LogP contribution is 2.15. The fourth-order valence-corrected chi connectivity index (χ4v) is 2.73. The Morgan fingerprint density at radius 1 is 1.32 bits per heavy atom. The molecule has 2 N–H and O–H groups in total. The monoisotopic (exact) mass is 367 g/mol. The third kappa shape index (κ3) is 7.16. The van der Waals surface area contributed by atoms with Crippen LogP contribution < -0.4 is 10.6 Å². The van der Waals surface area contributed by atoms with Crippen LogP contribution in [0.1, 0.15) is 18.4 Å². The standard InChI is InChI=1S/C15H22ClN3O.2ClH/c1-17-9-15(20)18-14-3-2-8-19(11-14)10-12-4-6-13(16)7-5-12;;/h4-7,14,17H,2-3,8-11H2,1H3,(H,18,20);2*1H. The van der Waals surface area contributed by atoms with Crippen molar-refractivity contribution in [2.45, 2.75) is 25.4 Å². The molecule has 1 aromatic carbocycles. The van der Waals surface area contributed by atoms with Crippen LogP contribution in [0.4, 0.5) is 0 Å². The van der Waals surface area contributed by atoms with Crippen LogP contribution in [0.3, 0.4) is 0 Å². The molecule has 1 aromatic rings. The highest BCUT2D eigenvalue weighted by molar-refractivity contribution is 6.30. The van der Waals surface area contributed by atoms with Crippen molar-refractivity contribution < 1.29 is 4.79 Å². The zero-order valence-electron chi connectivity index (χ0n) is 12.7. The number of carbonyl (C=O) groups is 1. The van der Waals surface area contributed by atoms with Crippen LogP contribution in [0, 0.1) is 0 Å². The molecule has 0 aromatic heterocycles. The van der Waals surface area contributed by atoms with Gasteiger partial charge >= 0.3 is 0 Å². The van der Waals surface area contributed by atoms with E-state index in [9.17, 15) is 4.79 Å². The fraction of sp³-hybridized carbons (Fsp3) is 0.533.